The van der Waals surface area contributed by atoms with E-state index in [0.717, 1.165) is 22.2 Å². The van der Waals surface area contributed by atoms with Crippen LogP contribution in [0.5, 0.6) is 0 Å². The molecule has 0 aliphatic heterocycles. The lowest BCUT2D eigenvalue weighted by Gasteiger charge is -2.17. The highest BCUT2D eigenvalue weighted by Gasteiger charge is 2.16. The number of nitrogens with zero attached hydrogens (tertiary/aromatic N) is 2. The van der Waals surface area contributed by atoms with E-state index in [9.17, 15) is 0 Å². The maximum Gasteiger partial charge on any atom is 0.0952 e. The van der Waals surface area contributed by atoms with Crippen molar-refractivity contribution in [3.05, 3.63) is 57.5 Å². The molecule has 2 aromatic rings. The van der Waals surface area contributed by atoms with Crippen LogP contribution in [0.2, 0.25) is 0 Å². The fraction of sp³-hybridized carbons (Fsp3) is 0.348. The number of thioether (sulfide) groups is 1. The molecule has 0 N–H and O–H groups in total. The van der Waals surface area contributed by atoms with Gasteiger partial charge in [0.15, 0.2) is 0 Å². The minimum absolute atomic E-state index is 0.0728. The van der Waals surface area contributed by atoms with Gasteiger partial charge in [-0.15, -0.1) is 6.42 Å². The van der Waals surface area contributed by atoms with Gasteiger partial charge in [-0.1, -0.05) is 36.8 Å². The van der Waals surface area contributed by atoms with Crippen molar-refractivity contribution in [1.29, 1.82) is 0 Å². The Labute approximate surface area is 162 Å². The quantitative estimate of drug-likeness (QED) is 0.431. The second kappa shape index (κ2) is 8.47. The zero-order valence-corrected chi connectivity index (χ0v) is 17.5. The molecular weight excluding hydrogens is 336 g/mol. The number of hydrogen-bond acceptors (Lipinski definition) is 2. The van der Waals surface area contributed by atoms with E-state index in [1.54, 1.807) is 11.8 Å². The van der Waals surface area contributed by atoms with Crippen LogP contribution < -0.4 is 0 Å². The molecule has 0 saturated carbocycles. The number of aromatic nitrogens is 2. The van der Waals surface area contributed by atoms with Gasteiger partial charge in [0.25, 0.3) is 0 Å². The normalized spacial score (nSPS) is 12.7. The number of allylic oxidation sites excluding steroid dienone is 4. The Balaban J connectivity index is 2.69. The first-order valence-electron chi connectivity index (χ1n) is 8.89. The second-order valence-electron chi connectivity index (χ2n) is 6.93. The van der Waals surface area contributed by atoms with Crippen LogP contribution in [0, 0.1) is 25.2 Å². The number of aryl methyl sites for hydroxylation is 2. The summed E-state index contributed by atoms with van der Waals surface area (Å²) in [5.74, 6) is 3.05. The first kappa shape index (κ1) is 20.1. The van der Waals surface area contributed by atoms with Crippen molar-refractivity contribution in [2.75, 3.05) is 0 Å². The zero-order valence-electron chi connectivity index (χ0n) is 16.7. The Hall–Kier alpha value is -2.18. The molecule has 2 nitrogen and oxygen atoms in total. The third kappa shape index (κ3) is 4.51. The smallest absolute Gasteiger partial charge is 0.0952 e. The van der Waals surface area contributed by atoms with Gasteiger partial charge in [0.2, 0.25) is 0 Å². The molecule has 1 unspecified atom stereocenters. The molecule has 0 bridgehead atoms. The summed E-state index contributed by atoms with van der Waals surface area (Å²) in [4.78, 5) is 2.29. The molecule has 0 aliphatic rings. The van der Waals surface area contributed by atoms with Crippen LogP contribution in [-0.2, 0) is 7.05 Å². The monoisotopic (exact) mass is 364 g/mol. The van der Waals surface area contributed by atoms with Crippen molar-refractivity contribution in [1.82, 2.24) is 9.78 Å². The van der Waals surface area contributed by atoms with Gasteiger partial charge in [0, 0.05) is 29.5 Å². The Kier molecular flexibility index (Phi) is 6.56. The van der Waals surface area contributed by atoms with Crippen LogP contribution in [0.4, 0.5) is 0 Å². The molecule has 1 heterocycles. The molecule has 0 amide bonds. The molecule has 2 rings (SSSR count). The molecule has 0 spiro atoms. The molecule has 0 saturated heterocycles. The van der Waals surface area contributed by atoms with Gasteiger partial charge < -0.3 is 0 Å². The van der Waals surface area contributed by atoms with Crippen LogP contribution in [0.3, 0.4) is 0 Å². The minimum Gasteiger partial charge on any atom is -0.275 e. The average molecular weight is 365 g/mol. The lowest BCUT2D eigenvalue weighted by Crippen LogP contribution is -2.01. The molecular formula is C23H28N2S. The van der Waals surface area contributed by atoms with Crippen molar-refractivity contribution in [3.63, 3.8) is 0 Å². The molecule has 136 valence electrons. The number of rotatable bonds is 6. The van der Waals surface area contributed by atoms with Gasteiger partial charge >= 0.3 is 0 Å². The van der Waals surface area contributed by atoms with Gasteiger partial charge in [-0.2, -0.15) is 5.10 Å². The SMILES string of the molecule is C#CC(CC)/C(=C\C(SC(=C)C)=C(C)C)c1cc(C)c2nn(C)cc2c1. The fourth-order valence-electron chi connectivity index (χ4n) is 3.01. The van der Waals surface area contributed by atoms with Crippen molar-refractivity contribution >= 4 is 28.2 Å². The predicted octanol–water partition coefficient (Wildman–Crippen LogP) is 6.49. The van der Waals surface area contributed by atoms with E-state index in [4.69, 9.17) is 6.42 Å². The van der Waals surface area contributed by atoms with Crippen molar-refractivity contribution in [2.24, 2.45) is 13.0 Å². The van der Waals surface area contributed by atoms with Gasteiger partial charge in [0.1, 0.15) is 0 Å². The summed E-state index contributed by atoms with van der Waals surface area (Å²) >= 11 is 1.70. The summed E-state index contributed by atoms with van der Waals surface area (Å²) in [6, 6.07) is 4.41. The summed E-state index contributed by atoms with van der Waals surface area (Å²) in [6.45, 7) is 14.6. The van der Waals surface area contributed by atoms with E-state index >= 15 is 0 Å². The number of terminal acetylenes is 1. The topological polar surface area (TPSA) is 17.8 Å². The van der Waals surface area contributed by atoms with E-state index in [2.05, 4.69) is 69.7 Å². The van der Waals surface area contributed by atoms with Gasteiger partial charge in [-0.05, 0) is 73.9 Å². The standard InChI is InChI=1S/C23H28N2S/c1-9-18(10-2)21(13-22(15(3)4)26-16(5)6)19-11-17(7)23-20(12-19)14-25(8)24-23/h1,11-14,18H,5,10H2,2-4,6-8H3/b21-13+. The van der Waals surface area contributed by atoms with Crippen LogP contribution in [0.15, 0.2) is 46.4 Å². The summed E-state index contributed by atoms with van der Waals surface area (Å²) < 4.78 is 1.86. The predicted molar refractivity (Wildman–Crippen MR) is 117 cm³/mol. The van der Waals surface area contributed by atoms with E-state index in [-0.39, 0.29) is 5.92 Å². The number of fused-ring (bicyclic) bond motifs is 1. The second-order valence-corrected chi connectivity index (χ2v) is 8.27. The lowest BCUT2D eigenvalue weighted by atomic mass is 9.89. The number of benzene rings is 1. The molecule has 1 aromatic heterocycles. The molecule has 0 fully saturated rings. The van der Waals surface area contributed by atoms with E-state index < -0.39 is 0 Å². The fourth-order valence-corrected chi connectivity index (χ4v) is 3.78. The van der Waals surface area contributed by atoms with E-state index in [1.807, 2.05) is 18.7 Å². The van der Waals surface area contributed by atoms with Crippen LogP contribution >= 0.6 is 11.8 Å². The first-order valence-corrected chi connectivity index (χ1v) is 9.71. The molecule has 0 aliphatic carbocycles. The van der Waals surface area contributed by atoms with E-state index in [0.29, 0.717) is 0 Å². The number of hydrogen-bond donors (Lipinski definition) is 0. The third-order valence-corrected chi connectivity index (χ3v) is 5.39. The van der Waals surface area contributed by atoms with Crippen LogP contribution in [-0.4, -0.2) is 9.78 Å². The highest BCUT2D eigenvalue weighted by molar-refractivity contribution is 8.06. The summed E-state index contributed by atoms with van der Waals surface area (Å²) in [6.07, 6.45) is 11.1. The third-order valence-electron chi connectivity index (χ3n) is 4.30. The van der Waals surface area contributed by atoms with Crippen LogP contribution in [0.25, 0.3) is 16.5 Å². The Morgan fingerprint density at radius 2 is 2.08 bits per heavy atom. The molecule has 26 heavy (non-hydrogen) atoms. The maximum atomic E-state index is 5.88. The minimum atomic E-state index is 0.0728. The largest absolute Gasteiger partial charge is 0.275 e. The van der Waals surface area contributed by atoms with Crippen molar-refractivity contribution in [3.8, 4) is 12.3 Å². The highest BCUT2D eigenvalue weighted by atomic mass is 32.2. The zero-order chi connectivity index (χ0) is 19.4. The van der Waals surface area contributed by atoms with Crippen molar-refractivity contribution < 1.29 is 0 Å². The summed E-state index contributed by atoms with van der Waals surface area (Å²) in [7, 11) is 1.96. The summed E-state index contributed by atoms with van der Waals surface area (Å²) in [5.41, 5.74) is 5.84. The van der Waals surface area contributed by atoms with E-state index in [1.165, 1.54) is 27.2 Å². The van der Waals surface area contributed by atoms with Gasteiger partial charge in [-0.3, -0.25) is 4.68 Å². The highest BCUT2D eigenvalue weighted by Crippen LogP contribution is 2.35. The average Bonchev–Trinajstić information content (AvgIpc) is 2.94. The molecule has 0 radical (unpaired) electrons. The van der Waals surface area contributed by atoms with Gasteiger partial charge in [0.05, 0.1) is 5.52 Å². The Bertz CT molecular complexity index is 931. The molecule has 1 atom stereocenters. The Morgan fingerprint density at radius 3 is 2.62 bits per heavy atom. The van der Waals surface area contributed by atoms with Crippen molar-refractivity contribution in [2.45, 2.75) is 41.0 Å². The van der Waals surface area contributed by atoms with Crippen LogP contribution in [0.1, 0.15) is 45.2 Å². The first-order chi connectivity index (χ1) is 12.3. The summed E-state index contributed by atoms with van der Waals surface area (Å²) in [5, 5.41) is 5.70. The lowest BCUT2D eigenvalue weighted by molar-refractivity contribution is 0.779. The molecule has 1 aromatic carbocycles. The van der Waals surface area contributed by atoms with Gasteiger partial charge in [-0.25, -0.2) is 0 Å². The Morgan fingerprint density at radius 1 is 1.38 bits per heavy atom. The maximum absolute atomic E-state index is 5.88. The molecule has 3 heteroatoms.